The summed E-state index contributed by atoms with van der Waals surface area (Å²) in [5.41, 5.74) is 0. The van der Waals surface area contributed by atoms with Gasteiger partial charge < -0.3 is 4.74 Å². The maximum absolute atomic E-state index is 11.8. The van der Waals surface area contributed by atoms with E-state index in [1.165, 1.54) is 6.42 Å². The molecule has 0 aromatic carbocycles. The van der Waals surface area contributed by atoms with Crippen LogP contribution in [0.15, 0.2) is 15.9 Å². The Morgan fingerprint density at radius 2 is 2.38 bits per heavy atom. The van der Waals surface area contributed by atoms with Gasteiger partial charge in [-0.15, -0.1) is 11.3 Å². The highest BCUT2D eigenvalue weighted by molar-refractivity contribution is 9.11. The van der Waals surface area contributed by atoms with E-state index in [0.717, 1.165) is 28.1 Å². The summed E-state index contributed by atoms with van der Waals surface area (Å²) >= 11 is 5.04. The van der Waals surface area contributed by atoms with Gasteiger partial charge in [-0.1, -0.05) is 0 Å². The molecule has 2 rings (SSSR count). The second-order valence-electron chi connectivity index (χ2n) is 4.11. The van der Waals surface area contributed by atoms with Gasteiger partial charge in [0.1, 0.15) is 5.78 Å². The van der Waals surface area contributed by atoms with E-state index in [0.29, 0.717) is 18.6 Å². The molecule has 0 aliphatic carbocycles. The molecule has 0 amide bonds. The number of hydrogen-bond donors (Lipinski definition) is 0. The molecule has 1 atom stereocenters. The number of hydrogen-bond acceptors (Lipinski definition) is 3. The molecule has 16 heavy (non-hydrogen) atoms. The number of Topliss-reactive ketones (excluding diaryl/α,β-unsaturated/α-hetero) is 1. The number of carbonyl (C=O) groups excluding carboxylic acids is 1. The Morgan fingerprint density at radius 1 is 1.50 bits per heavy atom. The quantitative estimate of drug-likeness (QED) is 0.850. The van der Waals surface area contributed by atoms with Gasteiger partial charge >= 0.3 is 0 Å². The predicted octanol–water partition coefficient (Wildman–Crippen LogP) is 3.58. The standard InChI is InChI=1S/C12H15BrO2S/c13-12-5-4-11(16-12)8-9(14)7-10-3-1-2-6-15-10/h4-5,10H,1-3,6-8H2. The molecule has 1 unspecified atom stereocenters. The molecule has 0 N–H and O–H groups in total. The van der Waals surface area contributed by atoms with E-state index in [-0.39, 0.29) is 6.10 Å². The first-order valence-corrected chi connectivity index (χ1v) is 7.22. The third-order valence-electron chi connectivity index (χ3n) is 2.73. The topological polar surface area (TPSA) is 26.3 Å². The van der Waals surface area contributed by atoms with Gasteiger partial charge in [0, 0.05) is 24.3 Å². The van der Waals surface area contributed by atoms with Crippen LogP contribution in [-0.2, 0) is 16.0 Å². The minimum absolute atomic E-state index is 0.171. The molecule has 2 heterocycles. The van der Waals surface area contributed by atoms with Crippen molar-refractivity contribution in [3.05, 3.63) is 20.8 Å². The minimum Gasteiger partial charge on any atom is -0.378 e. The lowest BCUT2D eigenvalue weighted by Crippen LogP contribution is -2.22. The van der Waals surface area contributed by atoms with Gasteiger partial charge in [-0.25, -0.2) is 0 Å². The van der Waals surface area contributed by atoms with Crippen LogP contribution < -0.4 is 0 Å². The number of rotatable bonds is 4. The smallest absolute Gasteiger partial charge is 0.140 e. The highest BCUT2D eigenvalue weighted by Gasteiger charge is 2.17. The van der Waals surface area contributed by atoms with Crippen LogP contribution in [0.4, 0.5) is 0 Å². The van der Waals surface area contributed by atoms with Crippen molar-refractivity contribution in [2.75, 3.05) is 6.61 Å². The summed E-state index contributed by atoms with van der Waals surface area (Å²) < 4.78 is 6.65. The van der Waals surface area contributed by atoms with Crippen LogP contribution in [0.5, 0.6) is 0 Å². The van der Waals surface area contributed by atoms with Crippen LogP contribution in [0, 0.1) is 0 Å². The first kappa shape index (κ1) is 12.3. The maximum atomic E-state index is 11.8. The van der Waals surface area contributed by atoms with E-state index in [2.05, 4.69) is 15.9 Å². The molecule has 1 aliphatic rings. The molecular weight excluding hydrogens is 288 g/mol. The summed E-state index contributed by atoms with van der Waals surface area (Å²) in [4.78, 5) is 12.9. The van der Waals surface area contributed by atoms with Crippen molar-refractivity contribution < 1.29 is 9.53 Å². The Bertz CT molecular complexity index is 356. The summed E-state index contributed by atoms with van der Waals surface area (Å²) in [6.07, 6.45) is 4.68. The Balaban J connectivity index is 1.79. The zero-order valence-corrected chi connectivity index (χ0v) is 11.5. The Labute approximate surface area is 108 Å². The fourth-order valence-electron chi connectivity index (χ4n) is 1.94. The van der Waals surface area contributed by atoms with E-state index in [9.17, 15) is 4.79 Å². The fraction of sp³-hybridized carbons (Fsp3) is 0.583. The van der Waals surface area contributed by atoms with Crippen LogP contribution in [-0.4, -0.2) is 18.5 Å². The average Bonchev–Trinajstić information content (AvgIpc) is 2.65. The summed E-state index contributed by atoms with van der Waals surface area (Å²) in [6.45, 7) is 0.822. The Hall–Kier alpha value is -0.190. The second-order valence-corrected chi connectivity index (χ2v) is 6.66. The molecule has 1 saturated heterocycles. The van der Waals surface area contributed by atoms with Crippen LogP contribution >= 0.6 is 27.3 Å². The molecule has 1 fully saturated rings. The number of ether oxygens (including phenoxy) is 1. The monoisotopic (exact) mass is 302 g/mol. The summed E-state index contributed by atoms with van der Waals surface area (Å²) in [5, 5.41) is 0. The van der Waals surface area contributed by atoms with Crippen molar-refractivity contribution in [3.63, 3.8) is 0 Å². The molecule has 1 aromatic rings. The fourth-order valence-corrected chi connectivity index (χ4v) is 3.45. The van der Waals surface area contributed by atoms with Gasteiger partial charge in [-0.3, -0.25) is 4.79 Å². The SMILES string of the molecule is O=C(Cc1ccc(Br)s1)CC1CCCCO1. The Kier molecular flexibility index (Phi) is 4.55. The highest BCUT2D eigenvalue weighted by atomic mass is 79.9. The van der Waals surface area contributed by atoms with E-state index in [4.69, 9.17) is 4.74 Å². The third-order valence-corrected chi connectivity index (χ3v) is 4.35. The second kappa shape index (κ2) is 5.94. The normalized spacial score (nSPS) is 20.9. The molecule has 0 bridgehead atoms. The molecule has 0 spiro atoms. The van der Waals surface area contributed by atoms with Crippen LogP contribution in [0.2, 0.25) is 0 Å². The van der Waals surface area contributed by atoms with Crippen LogP contribution in [0.1, 0.15) is 30.6 Å². The van der Waals surface area contributed by atoms with Crippen molar-refractivity contribution in [1.82, 2.24) is 0 Å². The van der Waals surface area contributed by atoms with Gasteiger partial charge in [0.25, 0.3) is 0 Å². The number of ketones is 1. The zero-order chi connectivity index (χ0) is 11.4. The lowest BCUT2D eigenvalue weighted by molar-refractivity contribution is -0.122. The first-order valence-electron chi connectivity index (χ1n) is 5.61. The van der Waals surface area contributed by atoms with E-state index in [1.807, 2.05) is 12.1 Å². The average molecular weight is 303 g/mol. The molecule has 1 aliphatic heterocycles. The van der Waals surface area contributed by atoms with Gasteiger partial charge in [0.15, 0.2) is 0 Å². The highest BCUT2D eigenvalue weighted by Crippen LogP contribution is 2.23. The number of halogens is 1. The maximum Gasteiger partial charge on any atom is 0.140 e. The molecule has 0 saturated carbocycles. The largest absolute Gasteiger partial charge is 0.378 e. The molecule has 88 valence electrons. The van der Waals surface area contributed by atoms with Gasteiger partial charge in [0.2, 0.25) is 0 Å². The van der Waals surface area contributed by atoms with Crippen molar-refractivity contribution in [1.29, 1.82) is 0 Å². The lowest BCUT2D eigenvalue weighted by Gasteiger charge is -2.21. The first-order chi connectivity index (χ1) is 7.74. The van der Waals surface area contributed by atoms with Crippen molar-refractivity contribution in [2.45, 2.75) is 38.2 Å². The minimum atomic E-state index is 0.171. The van der Waals surface area contributed by atoms with Gasteiger partial charge in [-0.2, -0.15) is 0 Å². The summed E-state index contributed by atoms with van der Waals surface area (Å²) in [5.74, 6) is 0.293. The number of carbonyl (C=O) groups is 1. The summed E-state index contributed by atoms with van der Waals surface area (Å²) in [7, 11) is 0. The van der Waals surface area contributed by atoms with E-state index < -0.39 is 0 Å². The predicted molar refractivity (Wildman–Crippen MR) is 68.9 cm³/mol. The van der Waals surface area contributed by atoms with E-state index >= 15 is 0 Å². The molecule has 4 heteroatoms. The molecular formula is C12H15BrO2S. The van der Waals surface area contributed by atoms with Crippen LogP contribution in [0.3, 0.4) is 0 Å². The zero-order valence-electron chi connectivity index (χ0n) is 9.08. The van der Waals surface area contributed by atoms with Crippen LogP contribution in [0.25, 0.3) is 0 Å². The van der Waals surface area contributed by atoms with Gasteiger partial charge in [-0.05, 0) is 47.3 Å². The molecule has 0 radical (unpaired) electrons. The lowest BCUT2D eigenvalue weighted by atomic mass is 10.0. The van der Waals surface area contributed by atoms with Crippen molar-refractivity contribution in [2.24, 2.45) is 0 Å². The third kappa shape index (κ3) is 3.68. The molecule has 2 nitrogen and oxygen atoms in total. The molecule has 1 aromatic heterocycles. The van der Waals surface area contributed by atoms with Crippen molar-refractivity contribution in [3.8, 4) is 0 Å². The Morgan fingerprint density at radius 3 is 3.00 bits per heavy atom. The summed E-state index contributed by atoms with van der Waals surface area (Å²) in [6, 6.07) is 4.00. The number of thiophene rings is 1. The van der Waals surface area contributed by atoms with E-state index in [1.54, 1.807) is 11.3 Å². The van der Waals surface area contributed by atoms with Crippen molar-refractivity contribution >= 4 is 33.0 Å². The van der Waals surface area contributed by atoms with Gasteiger partial charge in [0.05, 0.1) is 9.89 Å².